The van der Waals surface area contributed by atoms with Gasteiger partial charge in [0.1, 0.15) is 0 Å². The lowest BCUT2D eigenvalue weighted by Crippen LogP contribution is -2.47. The van der Waals surface area contributed by atoms with Crippen LogP contribution in [0.15, 0.2) is 27.1 Å². The second kappa shape index (κ2) is 5.98. The van der Waals surface area contributed by atoms with Gasteiger partial charge in [0.2, 0.25) is 5.91 Å². The summed E-state index contributed by atoms with van der Waals surface area (Å²) in [4.78, 5) is 11.5. The SMILES string of the molecule is O=C1NCCCC1NCc1ccc(Br)c(Br)c1. The zero-order chi connectivity index (χ0) is 12.3. The van der Waals surface area contributed by atoms with E-state index in [1.165, 1.54) is 5.56 Å². The van der Waals surface area contributed by atoms with Gasteiger partial charge in [0.05, 0.1) is 6.04 Å². The minimum Gasteiger partial charge on any atom is -0.355 e. The van der Waals surface area contributed by atoms with Crippen LogP contribution in [0, 0.1) is 0 Å². The number of benzene rings is 1. The molecule has 17 heavy (non-hydrogen) atoms. The molecule has 0 bridgehead atoms. The molecule has 0 aliphatic carbocycles. The molecule has 1 amide bonds. The summed E-state index contributed by atoms with van der Waals surface area (Å²) in [5.41, 5.74) is 1.17. The fourth-order valence-corrected chi connectivity index (χ4v) is 2.53. The molecule has 1 saturated heterocycles. The zero-order valence-corrected chi connectivity index (χ0v) is 12.5. The molecule has 0 spiro atoms. The van der Waals surface area contributed by atoms with E-state index in [-0.39, 0.29) is 11.9 Å². The van der Waals surface area contributed by atoms with E-state index in [4.69, 9.17) is 0 Å². The maximum atomic E-state index is 11.5. The molecule has 0 radical (unpaired) electrons. The van der Waals surface area contributed by atoms with Crippen molar-refractivity contribution in [2.24, 2.45) is 0 Å². The van der Waals surface area contributed by atoms with Gasteiger partial charge in [-0.3, -0.25) is 4.79 Å². The molecule has 92 valence electrons. The molecule has 1 heterocycles. The number of rotatable bonds is 3. The minimum atomic E-state index is -0.0498. The number of amides is 1. The van der Waals surface area contributed by atoms with Crippen LogP contribution in [0.1, 0.15) is 18.4 Å². The van der Waals surface area contributed by atoms with Crippen LogP contribution in [0.2, 0.25) is 0 Å². The molecule has 1 aliphatic rings. The molecule has 1 aliphatic heterocycles. The first-order valence-electron chi connectivity index (χ1n) is 5.62. The quantitative estimate of drug-likeness (QED) is 0.868. The summed E-state index contributed by atoms with van der Waals surface area (Å²) < 4.78 is 2.07. The van der Waals surface area contributed by atoms with Gasteiger partial charge in [0, 0.05) is 22.0 Å². The Kier molecular flexibility index (Phi) is 4.59. The van der Waals surface area contributed by atoms with Crippen LogP contribution in [0.4, 0.5) is 0 Å². The molecule has 3 nitrogen and oxygen atoms in total. The highest BCUT2D eigenvalue weighted by Gasteiger charge is 2.20. The van der Waals surface area contributed by atoms with Crippen LogP contribution in [0.5, 0.6) is 0 Å². The third-order valence-electron chi connectivity index (χ3n) is 2.82. The van der Waals surface area contributed by atoms with E-state index in [0.717, 1.165) is 28.3 Å². The molecule has 2 rings (SSSR count). The summed E-state index contributed by atoms with van der Waals surface area (Å²) in [6.07, 6.45) is 1.97. The van der Waals surface area contributed by atoms with Crippen molar-refractivity contribution in [2.45, 2.75) is 25.4 Å². The molecule has 2 N–H and O–H groups in total. The summed E-state index contributed by atoms with van der Waals surface area (Å²) >= 11 is 6.91. The molecule has 0 aromatic heterocycles. The van der Waals surface area contributed by atoms with E-state index < -0.39 is 0 Å². The average Bonchev–Trinajstić information content (AvgIpc) is 2.32. The van der Waals surface area contributed by atoms with Gasteiger partial charge in [0.25, 0.3) is 0 Å². The Labute approximate surface area is 118 Å². The fourth-order valence-electron chi connectivity index (χ4n) is 1.86. The van der Waals surface area contributed by atoms with Gasteiger partial charge in [-0.15, -0.1) is 0 Å². The standard InChI is InChI=1S/C12H14Br2N2O/c13-9-4-3-8(6-10(9)14)7-16-11-2-1-5-15-12(11)17/h3-4,6,11,16H,1-2,5,7H2,(H,15,17). The van der Waals surface area contributed by atoms with Gasteiger partial charge >= 0.3 is 0 Å². The lowest BCUT2D eigenvalue weighted by atomic mass is 10.1. The molecule has 0 saturated carbocycles. The smallest absolute Gasteiger partial charge is 0.237 e. The minimum absolute atomic E-state index is 0.0498. The Bertz CT molecular complexity index is 423. The van der Waals surface area contributed by atoms with Crippen molar-refractivity contribution in [1.29, 1.82) is 0 Å². The molecular weight excluding hydrogens is 348 g/mol. The average molecular weight is 362 g/mol. The van der Waals surface area contributed by atoms with Gasteiger partial charge in [-0.05, 0) is 62.4 Å². The summed E-state index contributed by atoms with van der Waals surface area (Å²) in [5.74, 6) is 0.118. The van der Waals surface area contributed by atoms with Crippen LogP contribution >= 0.6 is 31.9 Å². The largest absolute Gasteiger partial charge is 0.355 e. The summed E-state index contributed by atoms with van der Waals surface area (Å²) in [7, 11) is 0. The third-order valence-corrected chi connectivity index (χ3v) is 4.70. The molecule has 1 aromatic rings. The van der Waals surface area contributed by atoms with Crippen LogP contribution in [0.25, 0.3) is 0 Å². The number of piperidine rings is 1. The lowest BCUT2D eigenvalue weighted by Gasteiger charge is -2.22. The number of carbonyl (C=O) groups is 1. The maximum Gasteiger partial charge on any atom is 0.237 e. The first-order chi connectivity index (χ1) is 8.16. The van der Waals surface area contributed by atoms with E-state index in [0.29, 0.717) is 6.54 Å². The van der Waals surface area contributed by atoms with Crippen molar-refractivity contribution >= 4 is 37.8 Å². The van der Waals surface area contributed by atoms with Gasteiger partial charge in [-0.1, -0.05) is 6.07 Å². The fraction of sp³-hybridized carbons (Fsp3) is 0.417. The highest BCUT2D eigenvalue weighted by molar-refractivity contribution is 9.13. The van der Waals surface area contributed by atoms with Gasteiger partial charge in [0.15, 0.2) is 0 Å². The Morgan fingerprint density at radius 1 is 1.35 bits per heavy atom. The Morgan fingerprint density at radius 2 is 2.18 bits per heavy atom. The highest BCUT2D eigenvalue weighted by atomic mass is 79.9. The second-order valence-electron chi connectivity index (χ2n) is 4.12. The van der Waals surface area contributed by atoms with Crippen LogP contribution in [0.3, 0.4) is 0 Å². The molecular formula is C12H14Br2N2O. The maximum absolute atomic E-state index is 11.5. The zero-order valence-electron chi connectivity index (χ0n) is 9.30. The molecule has 1 aromatic carbocycles. The van der Waals surface area contributed by atoms with Crippen molar-refractivity contribution in [3.05, 3.63) is 32.7 Å². The van der Waals surface area contributed by atoms with Crippen molar-refractivity contribution < 1.29 is 4.79 Å². The van der Waals surface area contributed by atoms with Crippen molar-refractivity contribution in [3.8, 4) is 0 Å². The molecule has 5 heteroatoms. The van der Waals surface area contributed by atoms with Crippen molar-refractivity contribution in [1.82, 2.24) is 10.6 Å². The highest BCUT2D eigenvalue weighted by Crippen LogP contribution is 2.23. The monoisotopic (exact) mass is 360 g/mol. The summed E-state index contributed by atoms with van der Waals surface area (Å²) in [5, 5.41) is 6.16. The van der Waals surface area contributed by atoms with Crippen molar-refractivity contribution in [2.75, 3.05) is 6.54 Å². The lowest BCUT2D eigenvalue weighted by molar-refractivity contribution is -0.124. The van der Waals surface area contributed by atoms with E-state index >= 15 is 0 Å². The number of nitrogens with one attached hydrogen (secondary N) is 2. The Morgan fingerprint density at radius 3 is 2.88 bits per heavy atom. The molecule has 1 fully saturated rings. The predicted octanol–water partition coefficient (Wildman–Crippen LogP) is 2.58. The number of carbonyl (C=O) groups excluding carboxylic acids is 1. The summed E-state index contributed by atoms with van der Waals surface area (Å²) in [6, 6.07) is 6.05. The van der Waals surface area contributed by atoms with E-state index in [1.54, 1.807) is 0 Å². The topological polar surface area (TPSA) is 41.1 Å². The van der Waals surface area contributed by atoms with E-state index in [2.05, 4.69) is 48.6 Å². The van der Waals surface area contributed by atoms with Crippen LogP contribution in [-0.2, 0) is 11.3 Å². The van der Waals surface area contributed by atoms with Gasteiger partial charge in [-0.25, -0.2) is 0 Å². The second-order valence-corrected chi connectivity index (χ2v) is 5.82. The van der Waals surface area contributed by atoms with Gasteiger partial charge < -0.3 is 10.6 Å². The van der Waals surface area contributed by atoms with E-state index in [9.17, 15) is 4.79 Å². The normalized spacial score (nSPS) is 20.1. The Hall–Kier alpha value is -0.390. The first kappa shape index (κ1) is 13.1. The van der Waals surface area contributed by atoms with Gasteiger partial charge in [-0.2, -0.15) is 0 Å². The van der Waals surface area contributed by atoms with Crippen molar-refractivity contribution in [3.63, 3.8) is 0 Å². The number of hydrogen-bond acceptors (Lipinski definition) is 2. The molecule has 1 atom stereocenters. The third kappa shape index (κ3) is 3.53. The predicted molar refractivity (Wildman–Crippen MR) is 74.7 cm³/mol. The van der Waals surface area contributed by atoms with E-state index in [1.807, 2.05) is 12.1 Å². The Balaban J connectivity index is 1.92. The van der Waals surface area contributed by atoms with Crippen LogP contribution in [-0.4, -0.2) is 18.5 Å². The number of halogens is 2. The first-order valence-corrected chi connectivity index (χ1v) is 7.20. The number of hydrogen-bond donors (Lipinski definition) is 2. The van der Waals surface area contributed by atoms with Crippen LogP contribution < -0.4 is 10.6 Å². The summed E-state index contributed by atoms with van der Waals surface area (Å²) in [6.45, 7) is 1.52. The molecule has 1 unspecified atom stereocenters.